The maximum Gasteiger partial charge on any atom is 0.316 e. The van der Waals surface area contributed by atoms with E-state index < -0.39 is 0 Å². The van der Waals surface area contributed by atoms with E-state index in [1.807, 2.05) is 12.1 Å². The molecule has 1 aromatic carbocycles. The minimum absolute atomic E-state index is 0.0208. The van der Waals surface area contributed by atoms with Crippen LogP contribution in [-0.2, 0) is 4.74 Å². The monoisotopic (exact) mass is 344 g/mol. The van der Waals surface area contributed by atoms with E-state index in [-0.39, 0.29) is 11.8 Å². The highest BCUT2D eigenvalue weighted by Crippen LogP contribution is 2.23. The highest BCUT2D eigenvalue weighted by atomic mass is 16.5. The van der Waals surface area contributed by atoms with E-state index >= 15 is 0 Å². The Morgan fingerprint density at radius 3 is 2.72 bits per heavy atom. The van der Waals surface area contributed by atoms with E-state index in [0.717, 1.165) is 25.1 Å². The lowest BCUT2D eigenvalue weighted by molar-refractivity contribution is 0.0905. The molecule has 7 heteroatoms. The zero-order valence-corrected chi connectivity index (χ0v) is 14.5. The summed E-state index contributed by atoms with van der Waals surface area (Å²) in [7, 11) is 1.63. The van der Waals surface area contributed by atoms with Crippen LogP contribution in [0.1, 0.15) is 36.4 Å². The maximum absolute atomic E-state index is 12.0. The Labute approximate surface area is 147 Å². The van der Waals surface area contributed by atoms with Gasteiger partial charge in [-0.1, -0.05) is 5.16 Å². The Morgan fingerprint density at radius 1 is 1.24 bits per heavy atom. The first-order valence-corrected chi connectivity index (χ1v) is 8.74. The van der Waals surface area contributed by atoms with Gasteiger partial charge in [-0.2, -0.15) is 4.98 Å². The van der Waals surface area contributed by atoms with Gasteiger partial charge in [-0.15, -0.1) is 0 Å². The number of benzene rings is 1. The predicted octanol–water partition coefficient (Wildman–Crippen LogP) is 2.49. The van der Waals surface area contributed by atoms with Crippen LogP contribution in [-0.4, -0.2) is 49.4 Å². The van der Waals surface area contributed by atoms with Gasteiger partial charge in [0, 0.05) is 44.6 Å². The number of carbonyl (C=O) groups excluding carboxylic acids is 1. The van der Waals surface area contributed by atoms with Gasteiger partial charge < -0.3 is 19.5 Å². The van der Waals surface area contributed by atoms with Gasteiger partial charge in [0.2, 0.25) is 5.82 Å². The summed E-state index contributed by atoms with van der Waals surface area (Å²) < 4.78 is 10.0. The second kappa shape index (κ2) is 8.62. The first-order valence-electron chi connectivity index (χ1n) is 8.74. The molecule has 25 heavy (non-hydrogen) atoms. The molecule has 134 valence electrons. The number of anilines is 1. The number of methoxy groups -OCH3 is 1. The lowest BCUT2D eigenvalue weighted by Gasteiger charge is -2.28. The van der Waals surface area contributed by atoms with Gasteiger partial charge in [0.05, 0.1) is 0 Å². The largest absolute Gasteiger partial charge is 0.385 e. The van der Waals surface area contributed by atoms with E-state index in [1.165, 1.54) is 24.9 Å². The quantitative estimate of drug-likeness (QED) is 0.777. The average molecular weight is 344 g/mol. The summed E-state index contributed by atoms with van der Waals surface area (Å²) in [5.41, 5.74) is 2.05. The molecular formula is C18H24N4O3. The highest BCUT2D eigenvalue weighted by molar-refractivity contribution is 5.89. The molecule has 0 unspecified atom stereocenters. The molecule has 1 saturated heterocycles. The summed E-state index contributed by atoms with van der Waals surface area (Å²) in [5.74, 6) is 0.0412. The number of nitrogens with one attached hydrogen (secondary N) is 1. The van der Waals surface area contributed by atoms with E-state index in [9.17, 15) is 4.79 Å². The summed E-state index contributed by atoms with van der Waals surface area (Å²) in [6.07, 6.45) is 4.54. The predicted molar refractivity (Wildman–Crippen MR) is 94.6 cm³/mol. The van der Waals surface area contributed by atoms with E-state index in [0.29, 0.717) is 19.0 Å². The Hall–Kier alpha value is -2.41. The molecule has 1 amide bonds. The smallest absolute Gasteiger partial charge is 0.316 e. The van der Waals surface area contributed by atoms with Gasteiger partial charge >= 0.3 is 11.8 Å². The number of ether oxygens (including phenoxy) is 1. The number of hydrogen-bond donors (Lipinski definition) is 1. The van der Waals surface area contributed by atoms with Crippen molar-refractivity contribution in [3.05, 3.63) is 30.2 Å². The van der Waals surface area contributed by atoms with Crippen molar-refractivity contribution in [2.75, 3.05) is 38.3 Å². The second-order valence-corrected chi connectivity index (χ2v) is 6.12. The molecule has 0 bridgehead atoms. The molecule has 1 fully saturated rings. The average Bonchev–Trinajstić information content (AvgIpc) is 3.16. The number of piperidine rings is 1. The number of nitrogens with zero attached hydrogens (tertiary/aromatic N) is 3. The molecule has 1 aromatic heterocycles. The van der Waals surface area contributed by atoms with Crippen molar-refractivity contribution in [1.82, 2.24) is 15.5 Å². The van der Waals surface area contributed by atoms with Crippen LogP contribution in [0.25, 0.3) is 11.4 Å². The molecule has 1 aliphatic heterocycles. The van der Waals surface area contributed by atoms with Gasteiger partial charge in [-0.25, -0.2) is 0 Å². The lowest BCUT2D eigenvalue weighted by atomic mass is 10.1. The van der Waals surface area contributed by atoms with E-state index in [2.05, 4.69) is 32.5 Å². The summed E-state index contributed by atoms with van der Waals surface area (Å²) in [6.45, 7) is 3.32. The van der Waals surface area contributed by atoms with Crippen LogP contribution in [0.5, 0.6) is 0 Å². The zero-order chi connectivity index (χ0) is 17.5. The van der Waals surface area contributed by atoms with Crippen LogP contribution in [0.4, 0.5) is 5.69 Å². The highest BCUT2D eigenvalue weighted by Gasteiger charge is 2.16. The third-order valence-electron chi connectivity index (χ3n) is 4.28. The Morgan fingerprint density at radius 2 is 2.00 bits per heavy atom. The molecule has 3 rings (SSSR count). The molecule has 0 spiro atoms. The summed E-state index contributed by atoms with van der Waals surface area (Å²) >= 11 is 0. The van der Waals surface area contributed by atoms with Crippen molar-refractivity contribution >= 4 is 11.6 Å². The van der Waals surface area contributed by atoms with Gasteiger partial charge in [-0.3, -0.25) is 4.79 Å². The summed E-state index contributed by atoms with van der Waals surface area (Å²) in [4.78, 5) is 18.5. The van der Waals surface area contributed by atoms with Gasteiger partial charge in [0.25, 0.3) is 0 Å². The van der Waals surface area contributed by atoms with Crippen molar-refractivity contribution in [1.29, 1.82) is 0 Å². The van der Waals surface area contributed by atoms with Gasteiger partial charge in [0.1, 0.15) is 0 Å². The number of carbonyl (C=O) groups is 1. The fourth-order valence-corrected chi connectivity index (χ4v) is 2.90. The van der Waals surface area contributed by atoms with Gasteiger partial charge in [0.15, 0.2) is 0 Å². The van der Waals surface area contributed by atoms with Crippen LogP contribution < -0.4 is 10.2 Å². The molecule has 1 aliphatic rings. The van der Waals surface area contributed by atoms with E-state index in [4.69, 9.17) is 9.26 Å². The Balaban J connectivity index is 1.60. The van der Waals surface area contributed by atoms with Crippen LogP contribution in [0, 0.1) is 0 Å². The first kappa shape index (κ1) is 17.4. The number of hydrogen-bond acceptors (Lipinski definition) is 6. The standard InChI is InChI=1S/C18H24N4O3/c1-24-13-5-10-19-17(23)18-20-16(21-25-18)14-6-8-15(9-7-14)22-11-3-2-4-12-22/h6-9H,2-5,10-13H2,1H3,(H,19,23). The van der Waals surface area contributed by atoms with Crippen LogP contribution >= 0.6 is 0 Å². The number of amides is 1. The van der Waals surface area contributed by atoms with Crippen molar-refractivity contribution in [2.24, 2.45) is 0 Å². The Kier molecular flexibility index (Phi) is 6.00. The lowest BCUT2D eigenvalue weighted by Crippen LogP contribution is -2.29. The molecule has 0 radical (unpaired) electrons. The van der Waals surface area contributed by atoms with Crippen LogP contribution in [0.3, 0.4) is 0 Å². The fraction of sp³-hybridized carbons (Fsp3) is 0.500. The zero-order valence-electron chi connectivity index (χ0n) is 14.5. The molecule has 0 saturated carbocycles. The van der Waals surface area contributed by atoms with Crippen LogP contribution in [0.15, 0.2) is 28.8 Å². The van der Waals surface area contributed by atoms with Gasteiger partial charge in [-0.05, 0) is 49.9 Å². The van der Waals surface area contributed by atoms with E-state index in [1.54, 1.807) is 7.11 Å². The topological polar surface area (TPSA) is 80.5 Å². The first-order chi connectivity index (χ1) is 12.3. The summed E-state index contributed by atoms with van der Waals surface area (Å²) in [5, 5.41) is 6.64. The maximum atomic E-state index is 12.0. The molecule has 2 aromatic rings. The molecule has 7 nitrogen and oxygen atoms in total. The molecule has 0 atom stereocenters. The molecule has 1 N–H and O–H groups in total. The normalized spacial score (nSPS) is 14.5. The second-order valence-electron chi connectivity index (χ2n) is 6.12. The van der Waals surface area contributed by atoms with Crippen molar-refractivity contribution in [3.8, 4) is 11.4 Å². The summed E-state index contributed by atoms with van der Waals surface area (Å²) in [6, 6.07) is 8.08. The van der Waals surface area contributed by atoms with Crippen molar-refractivity contribution in [2.45, 2.75) is 25.7 Å². The van der Waals surface area contributed by atoms with Crippen molar-refractivity contribution < 1.29 is 14.1 Å². The van der Waals surface area contributed by atoms with Crippen LogP contribution in [0.2, 0.25) is 0 Å². The number of rotatable bonds is 7. The minimum Gasteiger partial charge on any atom is -0.385 e. The third-order valence-corrected chi connectivity index (χ3v) is 4.28. The van der Waals surface area contributed by atoms with Crippen molar-refractivity contribution in [3.63, 3.8) is 0 Å². The third kappa shape index (κ3) is 4.57. The number of aromatic nitrogens is 2. The minimum atomic E-state index is -0.361. The molecule has 2 heterocycles. The fourth-order valence-electron chi connectivity index (χ4n) is 2.90. The Bertz CT molecular complexity index is 678. The SMILES string of the molecule is COCCCNC(=O)c1nc(-c2ccc(N3CCCCC3)cc2)no1. The molecule has 0 aliphatic carbocycles. The molecular weight excluding hydrogens is 320 g/mol.